The third-order valence-corrected chi connectivity index (χ3v) is 18.3. The Morgan fingerprint density at radius 3 is 0.814 bits per heavy atom. The van der Waals surface area contributed by atoms with Crippen molar-refractivity contribution in [3.63, 3.8) is 0 Å². The first-order valence-corrected chi connectivity index (χ1v) is 42.8. The number of aliphatic hydroxyl groups excluding tert-OH is 1. The van der Waals surface area contributed by atoms with Crippen LogP contribution in [0.2, 0.25) is 0 Å². The Hall–Kier alpha value is -4.54. The van der Waals surface area contributed by atoms with Crippen LogP contribution in [-0.2, 0) is 65.4 Å². The molecule has 5 atom stereocenters. The molecule has 0 aromatic heterocycles. The normalized spacial score (nSPS) is 14.5. The number of phosphoric acid groups is 2. The van der Waals surface area contributed by atoms with Crippen LogP contribution in [-0.4, -0.2) is 96.7 Å². The van der Waals surface area contributed by atoms with Gasteiger partial charge in [0.1, 0.15) is 19.3 Å². The van der Waals surface area contributed by atoms with Crippen molar-refractivity contribution in [2.75, 3.05) is 39.6 Å². The third kappa shape index (κ3) is 73.8. The minimum Gasteiger partial charge on any atom is -0.462 e. The highest BCUT2D eigenvalue weighted by Gasteiger charge is 2.30. The number of aliphatic hydroxyl groups is 1. The number of allylic oxidation sites excluding steroid dienone is 20. The summed E-state index contributed by atoms with van der Waals surface area (Å²) in [7, 11) is -9.97. The Morgan fingerprint density at radius 1 is 0.284 bits per heavy atom. The van der Waals surface area contributed by atoms with E-state index >= 15 is 0 Å². The second-order valence-electron chi connectivity index (χ2n) is 26.2. The zero-order chi connectivity index (χ0) is 74.6. The van der Waals surface area contributed by atoms with Gasteiger partial charge in [0.05, 0.1) is 26.4 Å². The van der Waals surface area contributed by atoms with Gasteiger partial charge in [-0.1, -0.05) is 265 Å². The fourth-order valence-corrected chi connectivity index (χ4v) is 11.9. The monoisotopic (exact) mass is 1470 g/mol. The predicted octanol–water partition coefficient (Wildman–Crippen LogP) is 23.1. The first-order chi connectivity index (χ1) is 49.7. The van der Waals surface area contributed by atoms with Crippen molar-refractivity contribution in [3.05, 3.63) is 122 Å². The number of ether oxygens (including phenoxy) is 4. The van der Waals surface area contributed by atoms with Crippen LogP contribution >= 0.6 is 15.6 Å². The summed E-state index contributed by atoms with van der Waals surface area (Å²) in [6.45, 7) is 4.56. The van der Waals surface area contributed by atoms with Gasteiger partial charge in [-0.2, -0.15) is 0 Å². The summed E-state index contributed by atoms with van der Waals surface area (Å²) in [5, 5.41) is 10.6. The van der Waals surface area contributed by atoms with Crippen LogP contribution in [0.5, 0.6) is 0 Å². The van der Waals surface area contributed by atoms with Gasteiger partial charge in [-0.3, -0.25) is 37.3 Å². The molecule has 0 radical (unpaired) electrons. The van der Waals surface area contributed by atoms with Gasteiger partial charge in [0, 0.05) is 25.7 Å². The maximum Gasteiger partial charge on any atom is 0.472 e. The largest absolute Gasteiger partial charge is 0.472 e. The van der Waals surface area contributed by atoms with Crippen LogP contribution in [0.1, 0.15) is 323 Å². The zero-order valence-electron chi connectivity index (χ0n) is 64.0. The second-order valence-corrected chi connectivity index (χ2v) is 29.1. The zero-order valence-corrected chi connectivity index (χ0v) is 65.8. The first kappa shape index (κ1) is 97.5. The number of carbonyl (C=O) groups is 4. The lowest BCUT2D eigenvalue weighted by Crippen LogP contribution is -2.30. The van der Waals surface area contributed by atoms with Gasteiger partial charge in [-0.15, -0.1) is 0 Å². The Balaban J connectivity index is 5.38. The van der Waals surface area contributed by atoms with Crippen LogP contribution in [0.25, 0.3) is 0 Å². The molecule has 0 amide bonds. The number of hydrogen-bond acceptors (Lipinski definition) is 15. The number of carbonyl (C=O) groups excluding carboxylic acids is 4. The number of esters is 4. The van der Waals surface area contributed by atoms with E-state index in [1.165, 1.54) is 44.9 Å². The van der Waals surface area contributed by atoms with Crippen LogP contribution < -0.4 is 0 Å². The molecular weight excluding hydrogens is 1330 g/mol. The van der Waals surface area contributed by atoms with Gasteiger partial charge in [0.15, 0.2) is 12.2 Å². The van der Waals surface area contributed by atoms with Gasteiger partial charge >= 0.3 is 39.5 Å². The van der Waals surface area contributed by atoms with Gasteiger partial charge in [0.25, 0.3) is 0 Å². The summed E-state index contributed by atoms with van der Waals surface area (Å²) in [5.74, 6) is -2.23. The lowest BCUT2D eigenvalue weighted by molar-refractivity contribution is -0.161. The molecule has 0 spiro atoms. The van der Waals surface area contributed by atoms with E-state index in [4.69, 9.17) is 37.0 Å². The van der Waals surface area contributed by atoms with Crippen LogP contribution in [0.3, 0.4) is 0 Å². The second kappa shape index (κ2) is 74.7. The molecule has 102 heavy (non-hydrogen) atoms. The molecule has 5 unspecified atom stereocenters. The topological polar surface area (TPSA) is 237 Å². The number of hydrogen-bond donors (Lipinski definition) is 3. The molecule has 0 saturated carbocycles. The highest BCUT2D eigenvalue weighted by Crippen LogP contribution is 2.45. The van der Waals surface area contributed by atoms with E-state index < -0.39 is 97.5 Å². The highest BCUT2D eigenvalue weighted by molar-refractivity contribution is 7.47. The fraction of sp³-hybridized carbons (Fsp3) is 0.711. The van der Waals surface area contributed by atoms with Gasteiger partial charge in [0.2, 0.25) is 0 Å². The molecule has 0 bridgehead atoms. The van der Waals surface area contributed by atoms with E-state index in [-0.39, 0.29) is 25.7 Å². The summed E-state index contributed by atoms with van der Waals surface area (Å²) in [6.07, 6.45) is 81.7. The molecule has 0 aromatic rings. The minimum atomic E-state index is -4.99. The summed E-state index contributed by atoms with van der Waals surface area (Å²) < 4.78 is 68.6. The van der Waals surface area contributed by atoms with E-state index in [0.717, 1.165) is 199 Å². The lowest BCUT2D eigenvalue weighted by atomic mass is 10.1. The standard InChI is InChI=1S/C83H142O17P2/c1-5-9-13-17-21-25-29-33-36-37-38-39-42-45-48-52-56-60-64-68-81(86)94-74-79(100-83(88)70-66-62-58-54-50-46-41-35-31-27-23-19-15-11-7-3)76-98-102(91,92)96-72-77(84)71-95-101(89,90)97-75-78(99-82(87)69-65-61-57-53-49-43-32-28-24-20-16-12-8-4)73-93-80(85)67-63-59-55-51-47-44-40-34-30-26-22-18-14-10-6-2/h10-11,14-15,21-23,25-28,32-36,38-41,77-79,84H,5-9,12-13,16-20,24,29-31,37,42-76H2,1-4H3,(H,89,90)(H,91,92)/b14-10-,15-11-,25-21-,26-22-,27-23-,32-28-,36-33-,39-38-,40-34-,41-35-. The molecule has 0 fully saturated rings. The number of rotatable bonds is 74. The molecule has 17 nitrogen and oxygen atoms in total. The van der Waals surface area contributed by atoms with Crippen molar-refractivity contribution in [2.24, 2.45) is 0 Å². The van der Waals surface area contributed by atoms with Gasteiger partial charge < -0.3 is 33.8 Å². The van der Waals surface area contributed by atoms with Crippen LogP contribution in [0.15, 0.2) is 122 Å². The molecular formula is C83H142O17P2. The molecule has 0 rings (SSSR count). The highest BCUT2D eigenvalue weighted by atomic mass is 31.2. The third-order valence-electron chi connectivity index (χ3n) is 16.4. The number of phosphoric ester groups is 2. The Kier molecular flexibility index (Phi) is 71.4. The van der Waals surface area contributed by atoms with E-state index in [2.05, 4.69) is 149 Å². The molecule has 3 N–H and O–H groups in total. The summed E-state index contributed by atoms with van der Waals surface area (Å²) in [4.78, 5) is 73.0. The van der Waals surface area contributed by atoms with E-state index in [0.29, 0.717) is 25.7 Å². The molecule has 586 valence electrons. The average Bonchev–Trinajstić information content (AvgIpc) is 0.909. The van der Waals surface area contributed by atoms with Crippen LogP contribution in [0, 0.1) is 0 Å². The number of unbranched alkanes of at least 4 members (excludes halogenated alkanes) is 28. The summed E-state index contributed by atoms with van der Waals surface area (Å²) in [6, 6.07) is 0. The fourth-order valence-electron chi connectivity index (χ4n) is 10.4. The Labute approximate surface area is 619 Å². The van der Waals surface area contributed by atoms with Crippen molar-refractivity contribution in [1.82, 2.24) is 0 Å². The average molecular weight is 1470 g/mol. The first-order valence-electron chi connectivity index (χ1n) is 39.8. The molecule has 0 saturated heterocycles. The van der Waals surface area contributed by atoms with Crippen molar-refractivity contribution in [1.29, 1.82) is 0 Å². The molecule has 19 heteroatoms. The molecule has 0 aliphatic heterocycles. The summed E-state index contributed by atoms with van der Waals surface area (Å²) in [5.41, 5.74) is 0. The molecule has 0 aliphatic carbocycles. The van der Waals surface area contributed by atoms with Crippen LogP contribution in [0.4, 0.5) is 0 Å². The van der Waals surface area contributed by atoms with Crippen molar-refractivity contribution in [2.45, 2.75) is 341 Å². The van der Waals surface area contributed by atoms with Crippen molar-refractivity contribution in [3.8, 4) is 0 Å². The Bertz CT molecular complexity index is 2410. The smallest absolute Gasteiger partial charge is 0.462 e. The van der Waals surface area contributed by atoms with E-state index in [1.807, 2.05) is 0 Å². The maximum atomic E-state index is 13.1. The Morgan fingerprint density at radius 2 is 0.510 bits per heavy atom. The van der Waals surface area contributed by atoms with E-state index in [1.54, 1.807) is 0 Å². The van der Waals surface area contributed by atoms with Crippen molar-refractivity contribution >= 4 is 39.5 Å². The lowest BCUT2D eigenvalue weighted by Gasteiger charge is -2.21. The quantitative estimate of drug-likeness (QED) is 0.0169. The van der Waals surface area contributed by atoms with Crippen molar-refractivity contribution < 1.29 is 80.2 Å². The minimum absolute atomic E-state index is 0.0701. The molecule has 0 heterocycles. The maximum absolute atomic E-state index is 13.1. The van der Waals surface area contributed by atoms with Gasteiger partial charge in [-0.05, 0) is 154 Å². The summed E-state index contributed by atoms with van der Waals surface area (Å²) >= 11 is 0. The predicted molar refractivity (Wildman–Crippen MR) is 418 cm³/mol. The SMILES string of the molecule is CC/C=C\C/C=C\C/C=C\CCCCCCCC(=O)OCC(COP(=O)(O)OCC(O)COP(=O)(O)OCC(COC(=O)CCCCCCCC/C=C\C/C=C\C/C=C\CCCCC)OC(=O)CCCCCCC/C=C\C/C=C\C/C=C\CC)OC(=O)CCCCCCC/C=C\CCCCCC. The molecule has 0 aliphatic rings. The van der Waals surface area contributed by atoms with Gasteiger partial charge in [-0.25, -0.2) is 9.13 Å². The molecule has 0 aromatic carbocycles. The van der Waals surface area contributed by atoms with E-state index in [9.17, 15) is 43.2 Å².